The topological polar surface area (TPSA) is 15.3 Å². The maximum atomic E-state index is 3.54. The van der Waals surface area contributed by atoms with Crippen LogP contribution in [-0.2, 0) is 6.54 Å². The summed E-state index contributed by atoms with van der Waals surface area (Å²) in [5.41, 5.74) is 2.70. The van der Waals surface area contributed by atoms with Gasteiger partial charge in [-0.1, -0.05) is 32.4 Å². The van der Waals surface area contributed by atoms with E-state index in [1.54, 1.807) is 0 Å². The van der Waals surface area contributed by atoms with E-state index in [1.807, 2.05) is 0 Å². The van der Waals surface area contributed by atoms with Crippen LogP contribution in [-0.4, -0.2) is 24.5 Å². The highest BCUT2D eigenvalue weighted by molar-refractivity contribution is 5.44. The minimum Gasteiger partial charge on any atom is -0.385 e. The molecule has 0 radical (unpaired) electrons. The molecular formula is C17H28N2. The molecule has 0 spiro atoms. The van der Waals surface area contributed by atoms with Gasteiger partial charge in [-0.3, -0.25) is 4.90 Å². The van der Waals surface area contributed by atoms with Crippen molar-refractivity contribution in [1.29, 1.82) is 0 Å². The molecule has 0 amide bonds. The van der Waals surface area contributed by atoms with E-state index in [4.69, 9.17) is 0 Å². The zero-order valence-electron chi connectivity index (χ0n) is 12.5. The van der Waals surface area contributed by atoms with E-state index in [0.29, 0.717) is 0 Å². The molecule has 1 heterocycles. The van der Waals surface area contributed by atoms with Gasteiger partial charge >= 0.3 is 0 Å². The molecule has 0 aliphatic carbocycles. The van der Waals surface area contributed by atoms with Crippen molar-refractivity contribution in [1.82, 2.24) is 4.90 Å². The number of likely N-dealkylation sites (tertiary alicyclic amines) is 1. The van der Waals surface area contributed by atoms with Crippen LogP contribution in [0, 0.1) is 5.92 Å². The van der Waals surface area contributed by atoms with Crippen LogP contribution >= 0.6 is 0 Å². The largest absolute Gasteiger partial charge is 0.385 e. The Kier molecular flexibility index (Phi) is 5.71. The Morgan fingerprint density at radius 1 is 1.16 bits per heavy atom. The van der Waals surface area contributed by atoms with Gasteiger partial charge in [-0.15, -0.1) is 0 Å². The predicted molar refractivity (Wildman–Crippen MR) is 83.5 cm³/mol. The van der Waals surface area contributed by atoms with E-state index >= 15 is 0 Å². The second kappa shape index (κ2) is 7.54. The van der Waals surface area contributed by atoms with Crippen LogP contribution in [0.3, 0.4) is 0 Å². The molecule has 1 aromatic carbocycles. The SMILES string of the molecule is CCCC(C)CNc1ccc(CN2CCCC2)cc1. The summed E-state index contributed by atoms with van der Waals surface area (Å²) in [5, 5.41) is 3.54. The maximum absolute atomic E-state index is 3.54. The molecule has 1 fully saturated rings. The van der Waals surface area contributed by atoms with Gasteiger partial charge in [-0.05, 0) is 56.0 Å². The fourth-order valence-electron chi connectivity index (χ4n) is 2.81. The molecule has 0 bridgehead atoms. The summed E-state index contributed by atoms with van der Waals surface area (Å²) in [6, 6.07) is 8.99. The van der Waals surface area contributed by atoms with Crippen LogP contribution in [0.25, 0.3) is 0 Å². The van der Waals surface area contributed by atoms with Crippen LogP contribution in [0.5, 0.6) is 0 Å². The lowest BCUT2D eigenvalue weighted by molar-refractivity contribution is 0.331. The molecule has 2 heteroatoms. The van der Waals surface area contributed by atoms with Crippen molar-refractivity contribution >= 4 is 5.69 Å². The Hall–Kier alpha value is -1.02. The normalized spacial score (nSPS) is 17.6. The lowest BCUT2D eigenvalue weighted by Gasteiger charge is -2.16. The monoisotopic (exact) mass is 260 g/mol. The highest BCUT2D eigenvalue weighted by Gasteiger charge is 2.11. The molecule has 1 N–H and O–H groups in total. The zero-order valence-corrected chi connectivity index (χ0v) is 12.5. The first-order chi connectivity index (χ1) is 9.28. The fourth-order valence-corrected chi connectivity index (χ4v) is 2.81. The molecule has 106 valence electrons. The number of hydrogen-bond donors (Lipinski definition) is 1. The van der Waals surface area contributed by atoms with Gasteiger partial charge in [0.2, 0.25) is 0 Å². The first kappa shape index (κ1) is 14.4. The minimum atomic E-state index is 0.759. The molecule has 2 rings (SSSR count). The van der Waals surface area contributed by atoms with Crippen molar-refractivity contribution in [2.24, 2.45) is 5.92 Å². The summed E-state index contributed by atoms with van der Waals surface area (Å²) in [7, 11) is 0. The second-order valence-electron chi connectivity index (χ2n) is 5.95. The van der Waals surface area contributed by atoms with Crippen molar-refractivity contribution in [2.45, 2.75) is 46.1 Å². The average molecular weight is 260 g/mol. The van der Waals surface area contributed by atoms with Gasteiger partial charge in [0.15, 0.2) is 0 Å². The predicted octanol–water partition coefficient (Wildman–Crippen LogP) is 4.13. The molecule has 19 heavy (non-hydrogen) atoms. The van der Waals surface area contributed by atoms with Crippen molar-refractivity contribution in [3.8, 4) is 0 Å². The molecule has 2 nitrogen and oxygen atoms in total. The van der Waals surface area contributed by atoms with Gasteiger partial charge < -0.3 is 5.32 Å². The smallest absolute Gasteiger partial charge is 0.0340 e. The molecular weight excluding hydrogens is 232 g/mol. The van der Waals surface area contributed by atoms with Crippen molar-refractivity contribution in [2.75, 3.05) is 25.0 Å². The number of benzene rings is 1. The molecule has 0 saturated carbocycles. The van der Waals surface area contributed by atoms with E-state index in [2.05, 4.69) is 48.3 Å². The van der Waals surface area contributed by atoms with E-state index in [1.165, 1.54) is 50.0 Å². The van der Waals surface area contributed by atoms with Gasteiger partial charge in [0.25, 0.3) is 0 Å². The summed E-state index contributed by atoms with van der Waals surface area (Å²) in [6.07, 6.45) is 5.32. The quantitative estimate of drug-likeness (QED) is 0.793. The Bertz CT molecular complexity index is 352. The lowest BCUT2D eigenvalue weighted by atomic mass is 10.1. The highest BCUT2D eigenvalue weighted by atomic mass is 15.1. The molecule has 1 aliphatic heterocycles. The second-order valence-corrected chi connectivity index (χ2v) is 5.95. The molecule has 1 aromatic rings. The van der Waals surface area contributed by atoms with Gasteiger partial charge in [0, 0.05) is 18.8 Å². The Labute approximate surface area is 118 Å². The number of hydrogen-bond acceptors (Lipinski definition) is 2. The van der Waals surface area contributed by atoms with Crippen LogP contribution < -0.4 is 5.32 Å². The Morgan fingerprint density at radius 3 is 2.47 bits per heavy atom. The Balaban J connectivity index is 1.77. The standard InChI is InChI=1S/C17H28N2/c1-3-6-15(2)13-18-17-9-7-16(8-10-17)14-19-11-4-5-12-19/h7-10,15,18H,3-6,11-14H2,1-2H3. The molecule has 1 atom stereocenters. The first-order valence-corrected chi connectivity index (χ1v) is 7.83. The summed E-state index contributed by atoms with van der Waals surface area (Å²) < 4.78 is 0. The van der Waals surface area contributed by atoms with Crippen LogP contribution in [0.1, 0.15) is 45.1 Å². The van der Waals surface area contributed by atoms with Crippen LogP contribution in [0.2, 0.25) is 0 Å². The molecule has 1 unspecified atom stereocenters. The number of nitrogens with one attached hydrogen (secondary N) is 1. The van der Waals surface area contributed by atoms with Crippen LogP contribution in [0.4, 0.5) is 5.69 Å². The first-order valence-electron chi connectivity index (χ1n) is 7.83. The summed E-state index contributed by atoms with van der Waals surface area (Å²) in [6.45, 7) is 9.32. The summed E-state index contributed by atoms with van der Waals surface area (Å²) in [4.78, 5) is 2.55. The fraction of sp³-hybridized carbons (Fsp3) is 0.647. The third kappa shape index (κ3) is 4.87. The summed E-state index contributed by atoms with van der Waals surface area (Å²) in [5.74, 6) is 0.759. The van der Waals surface area contributed by atoms with Crippen LogP contribution in [0.15, 0.2) is 24.3 Å². The lowest BCUT2D eigenvalue weighted by Crippen LogP contribution is -2.18. The molecule has 1 aliphatic rings. The van der Waals surface area contributed by atoms with Gasteiger partial charge in [-0.2, -0.15) is 0 Å². The van der Waals surface area contributed by atoms with Gasteiger partial charge in [-0.25, -0.2) is 0 Å². The third-order valence-corrected chi connectivity index (χ3v) is 3.99. The highest BCUT2D eigenvalue weighted by Crippen LogP contribution is 2.16. The van der Waals surface area contributed by atoms with Crippen molar-refractivity contribution in [3.63, 3.8) is 0 Å². The van der Waals surface area contributed by atoms with Gasteiger partial charge in [0.1, 0.15) is 0 Å². The molecule has 1 saturated heterocycles. The van der Waals surface area contributed by atoms with Crippen molar-refractivity contribution < 1.29 is 0 Å². The van der Waals surface area contributed by atoms with E-state index in [0.717, 1.165) is 19.0 Å². The zero-order chi connectivity index (χ0) is 13.5. The average Bonchev–Trinajstić information content (AvgIpc) is 2.91. The van der Waals surface area contributed by atoms with E-state index in [9.17, 15) is 0 Å². The Morgan fingerprint density at radius 2 is 1.84 bits per heavy atom. The maximum Gasteiger partial charge on any atom is 0.0340 e. The van der Waals surface area contributed by atoms with Gasteiger partial charge in [0.05, 0.1) is 0 Å². The summed E-state index contributed by atoms with van der Waals surface area (Å²) >= 11 is 0. The number of anilines is 1. The van der Waals surface area contributed by atoms with Crippen molar-refractivity contribution in [3.05, 3.63) is 29.8 Å². The number of rotatable bonds is 7. The minimum absolute atomic E-state index is 0.759. The molecule has 0 aromatic heterocycles. The number of nitrogens with zero attached hydrogens (tertiary/aromatic N) is 1. The third-order valence-electron chi connectivity index (χ3n) is 3.99. The van der Waals surface area contributed by atoms with E-state index < -0.39 is 0 Å². The van der Waals surface area contributed by atoms with E-state index in [-0.39, 0.29) is 0 Å².